The fourth-order valence-corrected chi connectivity index (χ4v) is 5.45. The molecule has 6 rings (SSSR count). The van der Waals surface area contributed by atoms with Gasteiger partial charge in [0.15, 0.2) is 5.82 Å². The first-order chi connectivity index (χ1) is 23.4. The number of piperidine rings is 1. The number of halogens is 4. The van der Waals surface area contributed by atoms with Gasteiger partial charge in [0.1, 0.15) is 5.02 Å². The maximum Gasteiger partial charge on any atom is 0.490 e. The van der Waals surface area contributed by atoms with Gasteiger partial charge in [0.05, 0.1) is 17.8 Å². The average molecular weight is 692 g/mol. The van der Waals surface area contributed by atoms with E-state index >= 15 is 0 Å². The van der Waals surface area contributed by atoms with E-state index in [-0.39, 0.29) is 17.7 Å². The van der Waals surface area contributed by atoms with Crippen LogP contribution in [0.4, 0.5) is 42.0 Å². The Morgan fingerprint density at radius 1 is 0.980 bits per heavy atom. The van der Waals surface area contributed by atoms with Gasteiger partial charge in [-0.25, -0.2) is 9.78 Å². The molecule has 2 aliphatic rings. The molecule has 1 aromatic heterocycles. The van der Waals surface area contributed by atoms with Crippen molar-refractivity contribution in [2.24, 2.45) is 5.92 Å². The summed E-state index contributed by atoms with van der Waals surface area (Å²) in [5.41, 5.74) is 5.64. The Morgan fingerprint density at radius 3 is 2.35 bits per heavy atom. The molecular weight excluding hydrogens is 663 g/mol. The topological polar surface area (TPSA) is 160 Å². The molecule has 3 heterocycles. The number of alkyl halides is 3. The lowest BCUT2D eigenvalue weighted by atomic mass is 9.94. The number of likely N-dealkylation sites (tertiary alicyclic amines) is 1. The summed E-state index contributed by atoms with van der Waals surface area (Å²) in [4.78, 5) is 45.8. The van der Waals surface area contributed by atoms with E-state index < -0.39 is 12.1 Å². The van der Waals surface area contributed by atoms with Gasteiger partial charge in [-0.1, -0.05) is 23.7 Å². The van der Waals surface area contributed by atoms with Crippen LogP contribution in [-0.2, 0) is 22.4 Å². The second-order valence-electron chi connectivity index (χ2n) is 11.3. The number of aliphatic carboxylic acids is 1. The number of aromatic nitrogens is 2. The van der Waals surface area contributed by atoms with Crippen molar-refractivity contribution in [1.82, 2.24) is 14.9 Å². The van der Waals surface area contributed by atoms with Crippen LogP contribution < -0.4 is 16.0 Å². The molecule has 15 heteroatoms. The third kappa shape index (κ3) is 9.02. The predicted octanol–water partition coefficient (Wildman–Crippen LogP) is 6.71. The lowest BCUT2D eigenvalue weighted by Gasteiger charge is -2.31. The number of carboxylic acid groups (broad SMARTS) is 1. The van der Waals surface area contributed by atoms with Crippen LogP contribution in [0.15, 0.2) is 72.9 Å². The van der Waals surface area contributed by atoms with Crippen LogP contribution in [0.3, 0.4) is 0 Å². The standard InChI is InChI=1S/C32H28ClN7O2.C2HF3O2/c33-27-19-35-32-37-25-3-1-2-20(16-25)4-9-24-17-26(36-29(27)39-32)10-11-28(24)38-30(41)22-12-14-40(15-13-22)31(42)23-7-5-21(18-34)6-8-23;3-2(4,5)1(6)7/h1-3,5-8,10-11,16-17,19,22H,4,9,12-15H2,(H,38,41)(H2,35,36,37,39);(H,6,7). The number of carboxylic acids is 1. The third-order valence-corrected chi connectivity index (χ3v) is 8.17. The number of nitrogens with zero attached hydrogens (tertiary/aromatic N) is 4. The molecule has 49 heavy (non-hydrogen) atoms. The number of nitriles is 1. The van der Waals surface area contributed by atoms with Crippen LogP contribution in [0.5, 0.6) is 0 Å². The normalized spacial score (nSPS) is 14.1. The second kappa shape index (κ2) is 15.0. The van der Waals surface area contributed by atoms with Crippen molar-refractivity contribution in [2.75, 3.05) is 29.0 Å². The predicted molar refractivity (Wildman–Crippen MR) is 176 cm³/mol. The van der Waals surface area contributed by atoms with Crippen LogP contribution in [0.2, 0.25) is 5.02 Å². The van der Waals surface area contributed by atoms with Gasteiger partial charge in [-0.15, -0.1) is 0 Å². The summed E-state index contributed by atoms with van der Waals surface area (Å²) < 4.78 is 31.7. The van der Waals surface area contributed by atoms with Crippen LogP contribution in [-0.4, -0.2) is 57.0 Å². The third-order valence-electron chi connectivity index (χ3n) is 7.89. The highest BCUT2D eigenvalue weighted by molar-refractivity contribution is 6.32. The number of benzene rings is 3. The second-order valence-corrected chi connectivity index (χ2v) is 11.7. The zero-order valence-corrected chi connectivity index (χ0v) is 26.5. The molecule has 11 nitrogen and oxygen atoms in total. The summed E-state index contributed by atoms with van der Waals surface area (Å²) in [6.07, 6.45) is -0.879. The smallest absolute Gasteiger partial charge is 0.475 e. The summed E-state index contributed by atoms with van der Waals surface area (Å²) in [5, 5.41) is 26.2. The van der Waals surface area contributed by atoms with Crippen molar-refractivity contribution in [3.8, 4) is 6.07 Å². The highest BCUT2D eigenvalue weighted by Gasteiger charge is 2.38. The quantitative estimate of drug-likeness (QED) is 0.183. The molecule has 2 amide bonds. The molecule has 0 atom stereocenters. The fraction of sp³-hybridized carbons (Fsp3) is 0.235. The van der Waals surface area contributed by atoms with E-state index in [0.29, 0.717) is 60.3 Å². The first-order valence-electron chi connectivity index (χ1n) is 15.1. The molecule has 1 fully saturated rings. The Hall–Kier alpha value is -5.68. The Balaban J connectivity index is 0.000000606. The zero-order valence-electron chi connectivity index (χ0n) is 25.7. The maximum absolute atomic E-state index is 13.4. The summed E-state index contributed by atoms with van der Waals surface area (Å²) in [7, 11) is 0. The number of hydrogen-bond donors (Lipinski definition) is 4. The molecule has 1 saturated heterocycles. The summed E-state index contributed by atoms with van der Waals surface area (Å²) in [5.74, 6) is -2.16. The van der Waals surface area contributed by atoms with Gasteiger partial charge in [-0.2, -0.15) is 23.4 Å². The molecule has 0 aliphatic carbocycles. The molecule has 252 valence electrons. The van der Waals surface area contributed by atoms with E-state index in [1.165, 1.54) is 0 Å². The van der Waals surface area contributed by atoms with E-state index in [2.05, 4.69) is 44.1 Å². The summed E-state index contributed by atoms with van der Waals surface area (Å²) >= 11 is 6.39. The van der Waals surface area contributed by atoms with E-state index in [1.807, 2.05) is 30.3 Å². The Kier molecular flexibility index (Phi) is 10.6. The number of carbonyl (C=O) groups is 3. The van der Waals surface area contributed by atoms with Crippen molar-refractivity contribution in [1.29, 1.82) is 5.26 Å². The molecule has 0 saturated carbocycles. The number of carbonyl (C=O) groups excluding carboxylic acids is 2. The average Bonchev–Trinajstić information content (AvgIpc) is 3.09. The maximum atomic E-state index is 13.4. The Bertz CT molecular complexity index is 1910. The van der Waals surface area contributed by atoms with E-state index in [4.69, 9.17) is 26.8 Å². The number of nitrogens with one attached hydrogen (secondary N) is 3. The largest absolute Gasteiger partial charge is 0.490 e. The molecule has 0 unspecified atom stereocenters. The van der Waals surface area contributed by atoms with Gasteiger partial charge in [-0.3, -0.25) is 9.59 Å². The number of aryl methyl sites for hydroxylation is 2. The lowest BCUT2D eigenvalue weighted by Crippen LogP contribution is -2.41. The monoisotopic (exact) mass is 691 g/mol. The number of fused-ring (bicyclic) bond motifs is 6. The van der Waals surface area contributed by atoms with Crippen molar-refractivity contribution < 1.29 is 32.7 Å². The zero-order chi connectivity index (χ0) is 35.1. The summed E-state index contributed by atoms with van der Waals surface area (Å²) in [6.45, 7) is 0.997. The number of rotatable bonds is 3. The minimum absolute atomic E-state index is 0.0463. The van der Waals surface area contributed by atoms with E-state index in [1.54, 1.807) is 35.4 Å². The van der Waals surface area contributed by atoms with E-state index in [9.17, 15) is 22.8 Å². The highest BCUT2D eigenvalue weighted by atomic mass is 35.5. The first-order valence-corrected chi connectivity index (χ1v) is 15.5. The molecule has 0 spiro atoms. The van der Waals surface area contributed by atoms with Crippen molar-refractivity contribution in [2.45, 2.75) is 31.9 Å². The van der Waals surface area contributed by atoms with Crippen LogP contribution in [0, 0.1) is 17.2 Å². The van der Waals surface area contributed by atoms with Crippen LogP contribution in [0.1, 0.15) is 39.9 Å². The van der Waals surface area contributed by atoms with Crippen molar-refractivity contribution in [3.63, 3.8) is 0 Å². The molecule has 0 radical (unpaired) electrons. The highest BCUT2D eigenvalue weighted by Crippen LogP contribution is 2.30. The molecule has 4 aromatic rings. The van der Waals surface area contributed by atoms with E-state index in [0.717, 1.165) is 34.6 Å². The van der Waals surface area contributed by atoms with Gasteiger partial charge in [0.25, 0.3) is 5.91 Å². The molecular formula is C34H29ClF3N7O4. The Labute approximate surface area is 283 Å². The number of anilines is 5. The fourth-order valence-electron chi connectivity index (χ4n) is 5.31. The van der Waals surface area contributed by atoms with Gasteiger partial charge in [-0.05, 0) is 91.4 Å². The minimum Gasteiger partial charge on any atom is -0.475 e. The number of amides is 2. The first kappa shape index (κ1) is 34.6. The lowest BCUT2D eigenvalue weighted by molar-refractivity contribution is -0.192. The SMILES string of the molecule is N#Cc1ccc(C(=O)N2CCC(C(=O)Nc3ccc4cc3CCc3cccc(c3)Nc3ncc(Cl)c(n3)N4)CC2)cc1.O=C(O)C(F)(F)F. The van der Waals surface area contributed by atoms with Gasteiger partial charge >= 0.3 is 12.1 Å². The molecule has 4 N–H and O–H groups in total. The summed E-state index contributed by atoms with van der Waals surface area (Å²) in [6, 6.07) is 22.6. The van der Waals surface area contributed by atoms with Gasteiger partial charge < -0.3 is 26.0 Å². The van der Waals surface area contributed by atoms with Crippen LogP contribution >= 0.6 is 11.6 Å². The van der Waals surface area contributed by atoms with Crippen LogP contribution in [0.25, 0.3) is 0 Å². The van der Waals surface area contributed by atoms with Crippen molar-refractivity contribution in [3.05, 3.63) is 100 Å². The molecule has 6 bridgehead atoms. The van der Waals surface area contributed by atoms with Gasteiger partial charge in [0, 0.05) is 41.6 Å². The van der Waals surface area contributed by atoms with Crippen molar-refractivity contribution >= 4 is 58.2 Å². The molecule has 3 aromatic carbocycles. The number of hydrogen-bond acceptors (Lipinski definition) is 8. The molecule has 2 aliphatic heterocycles. The van der Waals surface area contributed by atoms with Gasteiger partial charge in [0.2, 0.25) is 11.9 Å². The Morgan fingerprint density at radius 2 is 1.67 bits per heavy atom. The minimum atomic E-state index is -5.08.